The number of hydrogen-bond acceptors (Lipinski definition) is 2. The molecule has 0 unspecified atom stereocenters. The van der Waals surface area contributed by atoms with Crippen LogP contribution in [0.25, 0.3) is 11.1 Å². The summed E-state index contributed by atoms with van der Waals surface area (Å²) in [5.41, 5.74) is 6.08. The van der Waals surface area contributed by atoms with E-state index in [1.165, 1.54) is 28.5 Å². The van der Waals surface area contributed by atoms with Gasteiger partial charge in [0.1, 0.15) is 5.69 Å². The standard InChI is InChI=1S/C19H13ClN2O/c20-14-7-8-21-18(10-14)19(23)22-15-6-5-13-9-12-3-1-2-4-16(12)17(13)11-15/h1-8,10-11H,9H2,(H,22,23). The molecular formula is C19H13ClN2O. The van der Waals surface area contributed by atoms with Gasteiger partial charge in [-0.2, -0.15) is 0 Å². The number of nitrogens with one attached hydrogen (secondary N) is 1. The third-order valence-electron chi connectivity index (χ3n) is 4.01. The molecule has 0 radical (unpaired) electrons. The molecule has 0 saturated heterocycles. The van der Waals surface area contributed by atoms with E-state index in [1.54, 1.807) is 12.1 Å². The van der Waals surface area contributed by atoms with Gasteiger partial charge in [0.05, 0.1) is 0 Å². The zero-order valence-corrected chi connectivity index (χ0v) is 13.0. The first kappa shape index (κ1) is 14.0. The molecule has 1 amide bonds. The highest BCUT2D eigenvalue weighted by Gasteiger charge is 2.18. The first-order chi connectivity index (χ1) is 11.2. The van der Waals surface area contributed by atoms with Gasteiger partial charge in [0.25, 0.3) is 5.91 Å². The van der Waals surface area contributed by atoms with E-state index >= 15 is 0 Å². The van der Waals surface area contributed by atoms with Crippen LogP contribution in [0.1, 0.15) is 21.6 Å². The van der Waals surface area contributed by atoms with Gasteiger partial charge in [-0.3, -0.25) is 9.78 Å². The Hall–Kier alpha value is -2.65. The molecule has 0 spiro atoms. The average Bonchev–Trinajstić information content (AvgIpc) is 2.93. The van der Waals surface area contributed by atoms with Crippen molar-refractivity contribution in [3.63, 3.8) is 0 Å². The van der Waals surface area contributed by atoms with Crippen LogP contribution in [0.2, 0.25) is 5.02 Å². The summed E-state index contributed by atoms with van der Waals surface area (Å²) in [6.45, 7) is 0. The van der Waals surface area contributed by atoms with Gasteiger partial charge in [-0.25, -0.2) is 0 Å². The number of fused-ring (bicyclic) bond motifs is 3. The van der Waals surface area contributed by atoms with Gasteiger partial charge in [0.15, 0.2) is 0 Å². The van der Waals surface area contributed by atoms with Crippen LogP contribution in [0.4, 0.5) is 5.69 Å². The molecule has 1 aromatic heterocycles. The van der Waals surface area contributed by atoms with Crippen LogP contribution < -0.4 is 5.32 Å². The van der Waals surface area contributed by atoms with Gasteiger partial charge < -0.3 is 5.32 Å². The fourth-order valence-electron chi connectivity index (χ4n) is 2.93. The van der Waals surface area contributed by atoms with Gasteiger partial charge in [-0.15, -0.1) is 0 Å². The number of nitrogens with zero attached hydrogens (tertiary/aromatic N) is 1. The predicted octanol–water partition coefficient (Wildman–Crippen LogP) is 4.56. The summed E-state index contributed by atoms with van der Waals surface area (Å²) in [4.78, 5) is 16.3. The second kappa shape index (κ2) is 5.52. The van der Waals surface area contributed by atoms with Crippen LogP contribution in [-0.2, 0) is 6.42 Å². The molecule has 0 bridgehead atoms. The summed E-state index contributed by atoms with van der Waals surface area (Å²) >= 11 is 5.90. The molecule has 1 N–H and O–H groups in total. The Morgan fingerprint density at radius 3 is 2.70 bits per heavy atom. The zero-order chi connectivity index (χ0) is 15.8. The predicted molar refractivity (Wildman–Crippen MR) is 91.9 cm³/mol. The van der Waals surface area contributed by atoms with E-state index in [0.29, 0.717) is 10.7 Å². The largest absolute Gasteiger partial charge is 0.321 e. The third-order valence-corrected chi connectivity index (χ3v) is 4.25. The second-order valence-corrected chi connectivity index (χ2v) is 5.96. The number of carbonyl (C=O) groups is 1. The van der Waals surface area contributed by atoms with E-state index in [-0.39, 0.29) is 5.91 Å². The first-order valence-electron chi connectivity index (χ1n) is 7.35. The van der Waals surface area contributed by atoms with Gasteiger partial charge in [-0.05, 0) is 52.9 Å². The SMILES string of the molecule is O=C(Nc1ccc2c(c1)-c1ccccc1C2)c1cc(Cl)ccn1. The van der Waals surface area contributed by atoms with Crippen molar-refractivity contribution in [1.82, 2.24) is 4.98 Å². The maximum Gasteiger partial charge on any atom is 0.274 e. The van der Waals surface area contributed by atoms with Gasteiger partial charge >= 0.3 is 0 Å². The van der Waals surface area contributed by atoms with E-state index in [2.05, 4.69) is 34.6 Å². The number of rotatable bonds is 2. The van der Waals surface area contributed by atoms with Crippen LogP contribution in [-0.4, -0.2) is 10.9 Å². The highest BCUT2D eigenvalue weighted by molar-refractivity contribution is 6.30. The maximum absolute atomic E-state index is 12.3. The molecule has 4 rings (SSSR count). The summed E-state index contributed by atoms with van der Waals surface area (Å²) in [5.74, 6) is -0.265. The second-order valence-electron chi connectivity index (χ2n) is 5.52. The average molecular weight is 321 g/mol. The minimum Gasteiger partial charge on any atom is -0.321 e. The molecule has 3 aromatic rings. The summed E-state index contributed by atoms with van der Waals surface area (Å²) in [5, 5.41) is 3.38. The Morgan fingerprint density at radius 2 is 1.83 bits per heavy atom. The summed E-state index contributed by atoms with van der Waals surface area (Å²) in [6, 6.07) is 17.6. The number of amides is 1. The van der Waals surface area contributed by atoms with Crippen molar-refractivity contribution in [3.8, 4) is 11.1 Å². The van der Waals surface area contributed by atoms with Crippen LogP contribution in [0.15, 0.2) is 60.8 Å². The quantitative estimate of drug-likeness (QED) is 0.588. The molecule has 112 valence electrons. The van der Waals surface area contributed by atoms with E-state index < -0.39 is 0 Å². The molecule has 0 saturated carbocycles. The summed E-state index contributed by atoms with van der Waals surface area (Å²) in [6.07, 6.45) is 2.46. The molecule has 1 heterocycles. The number of hydrogen-bond donors (Lipinski definition) is 1. The Kier molecular flexibility index (Phi) is 3.36. The number of pyridine rings is 1. The lowest BCUT2D eigenvalue weighted by Gasteiger charge is -2.08. The van der Waals surface area contributed by atoms with Crippen molar-refractivity contribution in [2.45, 2.75) is 6.42 Å². The molecule has 3 nitrogen and oxygen atoms in total. The van der Waals surface area contributed by atoms with Gasteiger partial charge in [0.2, 0.25) is 0 Å². The topological polar surface area (TPSA) is 42.0 Å². The summed E-state index contributed by atoms with van der Waals surface area (Å²) in [7, 11) is 0. The fourth-order valence-corrected chi connectivity index (χ4v) is 3.09. The zero-order valence-electron chi connectivity index (χ0n) is 12.2. The Balaban J connectivity index is 1.64. The molecule has 0 atom stereocenters. The first-order valence-corrected chi connectivity index (χ1v) is 7.72. The number of benzene rings is 2. The Bertz CT molecular complexity index is 921. The highest BCUT2D eigenvalue weighted by atomic mass is 35.5. The van der Waals surface area contributed by atoms with E-state index in [9.17, 15) is 4.79 Å². The van der Waals surface area contributed by atoms with Crippen LogP contribution in [0.3, 0.4) is 0 Å². The molecule has 0 aliphatic heterocycles. The molecule has 0 fully saturated rings. The molecule has 4 heteroatoms. The van der Waals surface area contributed by atoms with Crippen LogP contribution in [0.5, 0.6) is 0 Å². The van der Waals surface area contributed by atoms with Crippen molar-refractivity contribution in [1.29, 1.82) is 0 Å². The Morgan fingerprint density at radius 1 is 1.00 bits per heavy atom. The van der Waals surface area contributed by atoms with E-state index in [1.807, 2.05) is 18.2 Å². The maximum atomic E-state index is 12.3. The molecule has 1 aliphatic rings. The number of aromatic nitrogens is 1. The van der Waals surface area contributed by atoms with Crippen LogP contribution in [0, 0.1) is 0 Å². The van der Waals surface area contributed by atoms with Crippen molar-refractivity contribution in [2.75, 3.05) is 5.32 Å². The lowest BCUT2D eigenvalue weighted by atomic mass is 10.1. The van der Waals surface area contributed by atoms with Crippen LogP contribution >= 0.6 is 11.6 Å². The van der Waals surface area contributed by atoms with Crippen molar-refractivity contribution < 1.29 is 4.79 Å². The fraction of sp³-hybridized carbons (Fsp3) is 0.0526. The lowest BCUT2D eigenvalue weighted by Crippen LogP contribution is -2.13. The highest BCUT2D eigenvalue weighted by Crippen LogP contribution is 2.37. The van der Waals surface area contributed by atoms with Crippen molar-refractivity contribution in [2.24, 2.45) is 0 Å². The number of carbonyl (C=O) groups excluding carboxylic acids is 1. The lowest BCUT2D eigenvalue weighted by molar-refractivity contribution is 0.102. The van der Waals surface area contributed by atoms with Gasteiger partial charge in [-0.1, -0.05) is 41.9 Å². The number of halogens is 1. The monoisotopic (exact) mass is 320 g/mol. The molecule has 1 aliphatic carbocycles. The minimum atomic E-state index is -0.265. The third kappa shape index (κ3) is 2.60. The summed E-state index contributed by atoms with van der Waals surface area (Å²) < 4.78 is 0. The van der Waals surface area contributed by atoms with Crippen molar-refractivity contribution >= 4 is 23.2 Å². The molecule has 2 aromatic carbocycles. The van der Waals surface area contributed by atoms with E-state index in [4.69, 9.17) is 11.6 Å². The van der Waals surface area contributed by atoms with Gasteiger partial charge in [0, 0.05) is 16.9 Å². The minimum absolute atomic E-state index is 0.265. The number of anilines is 1. The smallest absolute Gasteiger partial charge is 0.274 e. The normalized spacial score (nSPS) is 11.7. The van der Waals surface area contributed by atoms with E-state index in [0.717, 1.165) is 12.1 Å². The molecule has 23 heavy (non-hydrogen) atoms. The molecular weight excluding hydrogens is 308 g/mol. The van der Waals surface area contributed by atoms with Crippen molar-refractivity contribution in [3.05, 3.63) is 82.6 Å². The Labute approximate surface area is 139 Å².